The van der Waals surface area contributed by atoms with E-state index in [4.69, 9.17) is 5.73 Å². The molecular formula is C15H24N4O. The van der Waals surface area contributed by atoms with E-state index in [-0.39, 0.29) is 11.6 Å². The van der Waals surface area contributed by atoms with Gasteiger partial charge in [-0.2, -0.15) is 0 Å². The van der Waals surface area contributed by atoms with Gasteiger partial charge >= 0.3 is 6.03 Å². The van der Waals surface area contributed by atoms with E-state index >= 15 is 0 Å². The minimum atomic E-state index is -0.253. The summed E-state index contributed by atoms with van der Waals surface area (Å²) in [5.74, 6) is 0. The maximum absolute atomic E-state index is 12.0. The first-order chi connectivity index (χ1) is 9.53. The second kappa shape index (κ2) is 6.13. The maximum atomic E-state index is 12.0. The number of benzene rings is 1. The molecule has 0 saturated heterocycles. The maximum Gasteiger partial charge on any atom is 0.315 e. The van der Waals surface area contributed by atoms with Gasteiger partial charge in [0.05, 0.1) is 5.54 Å². The summed E-state index contributed by atoms with van der Waals surface area (Å²) in [5, 5.41) is 5.97. The van der Waals surface area contributed by atoms with E-state index in [1.807, 2.05) is 38.4 Å². The van der Waals surface area contributed by atoms with Crippen LogP contribution in [0.15, 0.2) is 24.3 Å². The van der Waals surface area contributed by atoms with Gasteiger partial charge in [-0.15, -0.1) is 0 Å². The predicted octanol–water partition coefficient (Wildman–Crippen LogP) is 1.51. The van der Waals surface area contributed by atoms with Crippen LogP contribution in [0, 0.1) is 0 Å². The molecule has 0 spiro atoms. The van der Waals surface area contributed by atoms with E-state index in [1.165, 1.54) is 0 Å². The second-order valence-electron chi connectivity index (χ2n) is 5.71. The van der Waals surface area contributed by atoms with Gasteiger partial charge < -0.3 is 21.3 Å². The molecule has 0 atom stereocenters. The van der Waals surface area contributed by atoms with Crippen LogP contribution in [-0.2, 0) is 5.54 Å². The SMILES string of the molecule is CN(C)CCCNC(=O)NC1(c2ccccc2N)CC1. The molecule has 110 valence electrons. The van der Waals surface area contributed by atoms with Crippen LogP contribution in [0.3, 0.4) is 0 Å². The van der Waals surface area contributed by atoms with Crippen LogP contribution < -0.4 is 16.4 Å². The summed E-state index contributed by atoms with van der Waals surface area (Å²) in [6.45, 7) is 1.65. The Hall–Kier alpha value is -1.75. The standard InChI is InChI=1S/C15H24N4O/c1-19(2)11-5-10-17-14(20)18-15(8-9-15)12-6-3-4-7-13(12)16/h3-4,6-7H,5,8-11,16H2,1-2H3,(H2,17,18,20). The highest BCUT2D eigenvalue weighted by molar-refractivity contribution is 5.76. The van der Waals surface area contributed by atoms with Crippen molar-refractivity contribution in [3.63, 3.8) is 0 Å². The molecule has 1 aromatic rings. The van der Waals surface area contributed by atoms with Gasteiger partial charge in [0, 0.05) is 17.8 Å². The highest BCUT2D eigenvalue weighted by Gasteiger charge is 2.46. The van der Waals surface area contributed by atoms with Crippen molar-refractivity contribution in [1.29, 1.82) is 0 Å². The Morgan fingerprint density at radius 2 is 2.05 bits per heavy atom. The molecule has 5 heteroatoms. The zero-order chi connectivity index (χ0) is 14.6. The monoisotopic (exact) mass is 276 g/mol. The molecule has 1 aliphatic carbocycles. The molecule has 2 amide bonds. The van der Waals surface area contributed by atoms with E-state index in [9.17, 15) is 4.79 Å². The Balaban J connectivity index is 1.84. The van der Waals surface area contributed by atoms with Crippen LogP contribution in [0.4, 0.5) is 10.5 Å². The van der Waals surface area contributed by atoms with Gasteiger partial charge in [0.15, 0.2) is 0 Å². The summed E-state index contributed by atoms with van der Waals surface area (Å²) in [6.07, 6.45) is 2.85. The van der Waals surface area contributed by atoms with Gasteiger partial charge in [-0.3, -0.25) is 0 Å². The average molecular weight is 276 g/mol. The minimum absolute atomic E-state index is 0.107. The molecule has 0 radical (unpaired) electrons. The minimum Gasteiger partial charge on any atom is -0.398 e. The van der Waals surface area contributed by atoms with Crippen LogP contribution in [-0.4, -0.2) is 38.1 Å². The van der Waals surface area contributed by atoms with E-state index in [1.54, 1.807) is 0 Å². The van der Waals surface area contributed by atoms with Crippen LogP contribution in [0.5, 0.6) is 0 Å². The first-order valence-corrected chi connectivity index (χ1v) is 7.09. The smallest absolute Gasteiger partial charge is 0.315 e. The summed E-state index contributed by atoms with van der Waals surface area (Å²) in [4.78, 5) is 14.1. The molecule has 5 nitrogen and oxygen atoms in total. The van der Waals surface area contributed by atoms with Crippen molar-refractivity contribution in [2.45, 2.75) is 24.8 Å². The fraction of sp³-hybridized carbons (Fsp3) is 0.533. The lowest BCUT2D eigenvalue weighted by molar-refractivity contribution is 0.235. The van der Waals surface area contributed by atoms with Gasteiger partial charge in [-0.1, -0.05) is 18.2 Å². The molecule has 0 aliphatic heterocycles. The molecule has 1 saturated carbocycles. The zero-order valence-electron chi connectivity index (χ0n) is 12.3. The van der Waals surface area contributed by atoms with E-state index < -0.39 is 0 Å². The quantitative estimate of drug-likeness (QED) is 0.545. The highest BCUT2D eigenvalue weighted by Crippen LogP contribution is 2.47. The number of nitrogen functional groups attached to an aromatic ring is 1. The second-order valence-corrected chi connectivity index (χ2v) is 5.71. The van der Waals surface area contributed by atoms with E-state index in [0.717, 1.165) is 37.1 Å². The van der Waals surface area contributed by atoms with Crippen LogP contribution in [0.25, 0.3) is 0 Å². The van der Waals surface area contributed by atoms with Crippen molar-refractivity contribution in [3.05, 3.63) is 29.8 Å². The van der Waals surface area contributed by atoms with E-state index in [2.05, 4.69) is 15.5 Å². The van der Waals surface area contributed by atoms with Crippen molar-refractivity contribution >= 4 is 11.7 Å². The third-order valence-corrected chi connectivity index (χ3v) is 3.65. The van der Waals surface area contributed by atoms with Crippen molar-refractivity contribution in [2.75, 3.05) is 32.9 Å². The van der Waals surface area contributed by atoms with Crippen molar-refractivity contribution in [2.24, 2.45) is 0 Å². The summed E-state index contributed by atoms with van der Waals surface area (Å²) in [5.41, 5.74) is 7.53. The lowest BCUT2D eigenvalue weighted by Gasteiger charge is -2.20. The fourth-order valence-corrected chi connectivity index (χ4v) is 2.38. The first kappa shape index (κ1) is 14.7. The number of carbonyl (C=O) groups is 1. The lowest BCUT2D eigenvalue weighted by Crippen LogP contribution is -2.43. The molecule has 20 heavy (non-hydrogen) atoms. The number of hydrogen-bond acceptors (Lipinski definition) is 3. The summed E-state index contributed by atoms with van der Waals surface area (Å²) >= 11 is 0. The largest absolute Gasteiger partial charge is 0.398 e. The topological polar surface area (TPSA) is 70.4 Å². The Morgan fingerprint density at radius 1 is 1.35 bits per heavy atom. The highest BCUT2D eigenvalue weighted by atomic mass is 16.2. The third-order valence-electron chi connectivity index (χ3n) is 3.65. The summed E-state index contributed by atoms with van der Waals surface area (Å²) < 4.78 is 0. The predicted molar refractivity (Wildman–Crippen MR) is 81.5 cm³/mol. The number of nitrogens with two attached hydrogens (primary N) is 1. The fourth-order valence-electron chi connectivity index (χ4n) is 2.38. The molecule has 4 N–H and O–H groups in total. The summed E-state index contributed by atoms with van der Waals surface area (Å²) in [6, 6.07) is 7.64. The normalized spacial score (nSPS) is 15.9. The third kappa shape index (κ3) is 3.63. The first-order valence-electron chi connectivity index (χ1n) is 7.09. The molecule has 2 rings (SSSR count). The van der Waals surface area contributed by atoms with Crippen molar-refractivity contribution in [1.82, 2.24) is 15.5 Å². The number of nitrogens with one attached hydrogen (secondary N) is 2. The van der Waals surface area contributed by atoms with Gasteiger partial charge in [0.2, 0.25) is 0 Å². The van der Waals surface area contributed by atoms with Crippen LogP contribution in [0.1, 0.15) is 24.8 Å². The van der Waals surface area contributed by atoms with Gasteiger partial charge in [0.25, 0.3) is 0 Å². The number of anilines is 1. The number of para-hydroxylation sites is 1. The number of amides is 2. The average Bonchev–Trinajstić information content (AvgIpc) is 3.15. The Bertz CT molecular complexity index is 469. The zero-order valence-corrected chi connectivity index (χ0v) is 12.3. The Kier molecular flexibility index (Phi) is 4.49. The Morgan fingerprint density at radius 3 is 2.65 bits per heavy atom. The van der Waals surface area contributed by atoms with Gasteiger partial charge in [0.1, 0.15) is 0 Å². The molecule has 0 aromatic heterocycles. The molecule has 0 heterocycles. The number of rotatable bonds is 6. The molecule has 0 bridgehead atoms. The van der Waals surface area contributed by atoms with E-state index in [0.29, 0.717) is 6.54 Å². The summed E-state index contributed by atoms with van der Waals surface area (Å²) in [7, 11) is 4.05. The van der Waals surface area contributed by atoms with Gasteiger partial charge in [-0.25, -0.2) is 4.79 Å². The van der Waals surface area contributed by atoms with Crippen LogP contribution in [0.2, 0.25) is 0 Å². The Labute approximate surface area is 120 Å². The number of carbonyl (C=O) groups excluding carboxylic acids is 1. The van der Waals surface area contributed by atoms with Gasteiger partial charge in [-0.05, 0) is 46.0 Å². The number of hydrogen-bond donors (Lipinski definition) is 3. The number of nitrogens with zero attached hydrogens (tertiary/aromatic N) is 1. The van der Waals surface area contributed by atoms with Crippen LogP contribution >= 0.6 is 0 Å². The van der Waals surface area contributed by atoms with Crippen molar-refractivity contribution < 1.29 is 4.79 Å². The molecule has 1 aromatic carbocycles. The molecule has 0 unspecified atom stereocenters. The molecule has 1 aliphatic rings. The number of urea groups is 1. The molecule has 1 fully saturated rings. The molecular weight excluding hydrogens is 252 g/mol. The lowest BCUT2D eigenvalue weighted by atomic mass is 10.0. The van der Waals surface area contributed by atoms with Crippen molar-refractivity contribution in [3.8, 4) is 0 Å².